The molecule has 0 unspecified atom stereocenters. The lowest BCUT2D eigenvalue weighted by molar-refractivity contribution is 0.0697. The van der Waals surface area contributed by atoms with Gasteiger partial charge in [0.05, 0.1) is 47.6 Å². The van der Waals surface area contributed by atoms with Gasteiger partial charge in [-0.15, -0.1) is 0 Å². The van der Waals surface area contributed by atoms with Gasteiger partial charge in [-0.05, 0) is 42.0 Å². The molecule has 0 aliphatic heterocycles. The highest BCUT2D eigenvalue weighted by Crippen LogP contribution is 2.28. The Hall–Kier alpha value is -5.34. The van der Waals surface area contributed by atoms with Crippen LogP contribution in [0, 0.1) is 23.0 Å². The Morgan fingerprint density at radius 3 is 2.53 bits per heavy atom. The quantitative estimate of drug-likeness (QED) is 0.208. The third kappa shape index (κ3) is 6.45. The molecule has 11 heteroatoms. The van der Waals surface area contributed by atoms with Crippen molar-refractivity contribution < 1.29 is 32.9 Å². The minimum atomic E-state index is -1.06. The van der Waals surface area contributed by atoms with E-state index in [4.69, 9.17) is 19.5 Å². The van der Waals surface area contributed by atoms with E-state index in [9.17, 15) is 14.3 Å². The van der Waals surface area contributed by atoms with Crippen LogP contribution in [0.3, 0.4) is 0 Å². The number of halogens is 2. The van der Waals surface area contributed by atoms with Crippen LogP contribution in [-0.4, -0.2) is 46.4 Å². The van der Waals surface area contributed by atoms with Crippen LogP contribution in [0.15, 0.2) is 66.7 Å². The standard InChI is InChI=1S/C32H26F2N4O5/c1-41-10-9-38-28-13-22(32(39)40)7-8-26(28)36-30(38)14-20-5-6-21(12-25(20)34)27-15-24(33)16-31(37-27)43-18-23-4-3-19(17-35)11-29(23)42-2/h3-8,11-13,15-16H,9-10,14,18H2,1-2H3,(H,39,40). The summed E-state index contributed by atoms with van der Waals surface area (Å²) in [5, 5.41) is 18.5. The lowest BCUT2D eigenvalue weighted by atomic mass is 10.1. The number of hydrogen-bond acceptors (Lipinski definition) is 7. The van der Waals surface area contributed by atoms with Crippen molar-refractivity contribution >= 4 is 17.0 Å². The molecule has 0 atom stereocenters. The van der Waals surface area contributed by atoms with Crippen molar-refractivity contribution in [3.63, 3.8) is 0 Å². The molecule has 5 rings (SSSR count). The van der Waals surface area contributed by atoms with Crippen LogP contribution >= 0.6 is 0 Å². The zero-order valence-corrected chi connectivity index (χ0v) is 23.3. The second-order valence-corrected chi connectivity index (χ2v) is 9.60. The lowest BCUT2D eigenvalue weighted by Gasteiger charge is -2.12. The number of imidazole rings is 1. The van der Waals surface area contributed by atoms with E-state index < -0.39 is 17.6 Å². The van der Waals surface area contributed by atoms with E-state index in [-0.39, 0.29) is 30.2 Å². The van der Waals surface area contributed by atoms with Gasteiger partial charge >= 0.3 is 5.97 Å². The summed E-state index contributed by atoms with van der Waals surface area (Å²) in [4.78, 5) is 20.5. The van der Waals surface area contributed by atoms with Crippen molar-refractivity contribution in [2.24, 2.45) is 0 Å². The number of nitrogens with zero attached hydrogens (tertiary/aromatic N) is 4. The molecule has 2 heterocycles. The minimum Gasteiger partial charge on any atom is -0.496 e. The summed E-state index contributed by atoms with van der Waals surface area (Å²) in [6, 6.07) is 18.4. The normalized spacial score (nSPS) is 11.0. The van der Waals surface area contributed by atoms with Gasteiger partial charge in [0.15, 0.2) is 0 Å². The maximum atomic E-state index is 15.4. The first-order chi connectivity index (χ1) is 20.8. The van der Waals surface area contributed by atoms with Crippen LogP contribution in [0.4, 0.5) is 8.78 Å². The van der Waals surface area contributed by atoms with E-state index >= 15 is 4.39 Å². The molecule has 9 nitrogen and oxygen atoms in total. The first-order valence-corrected chi connectivity index (χ1v) is 13.2. The first-order valence-electron chi connectivity index (χ1n) is 13.2. The molecule has 3 aromatic carbocycles. The van der Waals surface area contributed by atoms with Gasteiger partial charge in [0.1, 0.15) is 29.8 Å². The van der Waals surface area contributed by atoms with Crippen molar-refractivity contribution in [3.8, 4) is 29.0 Å². The van der Waals surface area contributed by atoms with Crippen LogP contribution in [0.1, 0.15) is 32.9 Å². The molecule has 0 saturated heterocycles. The highest BCUT2D eigenvalue weighted by atomic mass is 19.1. The lowest BCUT2D eigenvalue weighted by Crippen LogP contribution is -2.10. The van der Waals surface area contributed by atoms with Gasteiger partial charge in [-0.2, -0.15) is 5.26 Å². The number of fused-ring (bicyclic) bond motifs is 1. The van der Waals surface area contributed by atoms with Gasteiger partial charge < -0.3 is 23.9 Å². The maximum absolute atomic E-state index is 15.4. The number of nitriles is 1. The fraction of sp³-hybridized carbons (Fsp3) is 0.188. The third-order valence-electron chi connectivity index (χ3n) is 6.85. The Morgan fingerprint density at radius 1 is 1.00 bits per heavy atom. The average Bonchev–Trinajstić information content (AvgIpc) is 3.35. The van der Waals surface area contributed by atoms with Crippen molar-refractivity contribution in [1.29, 1.82) is 5.26 Å². The number of aromatic nitrogens is 3. The molecule has 0 bridgehead atoms. The smallest absolute Gasteiger partial charge is 0.335 e. The topological polar surface area (TPSA) is 119 Å². The predicted octanol–water partition coefficient (Wildman–Crippen LogP) is 5.77. The Morgan fingerprint density at radius 2 is 1.81 bits per heavy atom. The molecular formula is C32H26F2N4O5. The number of benzene rings is 3. The van der Waals surface area contributed by atoms with E-state index in [1.807, 2.05) is 10.6 Å². The molecule has 43 heavy (non-hydrogen) atoms. The van der Waals surface area contributed by atoms with Crippen LogP contribution < -0.4 is 9.47 Å². The molecule has 0 saturated carbocycles. The van der Waals surface area contributed by atoms with E-state index in [1.54, 1.807) is 43.5 Å². The summed E-state index contributed by atoms with van der Waals surface area (Å²) >= 11 is 0. The number of carboxylic acids is 1. The highest BCUT2D eigenvalue weighted by molar-refractivity contribution is 5.92. The molecule has 0 amide bonds. The molecule has 0 aliphatic rings. The number of pyridine rings is 1. The van der Waals surface area contributed by atoms with Crippen molar-refractivity contribution in [2.75, 3.05) is 20.8 Å². The number of rotatable bonds is 11. The molecule has 2 aromatic heterocycles. The number of methoxy groups -OCH3 is 2. The molecule has 0 aliphatic carbocycles. The number of ether oxygens (including phenoxy) is 3. The number of aromatic carboxylic acids is 1. The fourth-order valence-corrected chi connectivity index (χ4v) is 4.67. The van der Waals surface area contributed by atoms with Gasteiger partial charge in [-0.3, -0.25) is 0 Å². The Bertz CT molecular complexity index is 1870. The molecule has 5 aromatic rings. The van der Waals surface area contributed by atoms with Gasteiger partial charge in [0.25, 0.3) is 0 Å². The summed E-state index contributed by atoms with van der Waals surface area (Å²) in [5.74, 6) is -1.21. The molecule has 0 spiro atoms. The third-order valence-corrected chi connectivity index (χ3v) is 6.85. The van der Waals surface area contributed by atoms with E-state index in [0.29, 0.717) is 58.0 Å². The molecule has 1 N–H and O–H groups in total. The molecule has 0 fully saturated rings. The van der Waals surface area contributed by atoms with Gasteiger partial charge in [0.2, 0.25) is 5.88 Å². The zero-order chi connectivity index (χ0) is 30.5. The van der Waals surface area contributed by atoms with E-state index in [0.717, 1.165) is 6.07 Å². The molecular weight excluding hydrogens is 558 g/mol. The Balaban J connectivity index is 1.39. The van der Waals surface area contributed by atoms with Crippen molar-refractivity contribution in [3.05, 3.63) is 106 Å². The maximum Gasteiger partial charge on any atom is 0.335 e. The summed E-state index contributed by atoms with van der Waals surface area (Å²) in [6.45, 7) is 0.760. The SMILES string of the molecule is COCCn1c(Cc2ccc(-c3cc(F)cc(OCc4ccc(C#N)cc4OC)n3)cc2F)nc2ccc(C(=O)O)cc21. The van der Waals surface area contributed by atoms with Crippen LogP contribution in [-0.2, 0) is 24.3 Å². The van der Waals surface area contributed by atoms with Gasteiger partial charge in [0, 0.05) is 43.3 Å². The fourth-order valence-electron chi connectivity index (χ4n) is 4.67. The average molecular weight is 585 g/mol. The predicted molar refractivity (Wildman–Crippen MR) is 153 cm³/mol. The molecule has 0 radical (unpaired) electrons. The van der Waals surface area contributed by atoms with E-state index in [1.165, 1.54) is 31.4 Å². The minimum absolute atomic E-state index is 0.00140. The number of hydrogen-bond donors (Lipinski definition) is 1. The highest BCUT2D eigenvalue weighted by Gasteiger charge is 2.17. The van der Waals surface area contributed by atoms with Crippen molar-refractivity contribution in [1.82, 2.24) is 14.5 Å². The largest absolute Gasteiger partial charge is 0.496 e. The monoisotopic (exact) mass is 584 g/mol. The summed E-state index contributed by atoms with van der Waals surface area (Å²) < 4.78 is 48.0. The van der Waals surface area contributed by atoms with Crippen LogP contribution in [0.2, 0.25) is 0 Å². The molecule has 218 valence electrons. The van der Waals surface area contributed by atoms with E-state index in [2.05, 4.69) is 9.97 Å². The zero-order valence-electron chi connectivity index (χ0n) is 23.3. The number of carbonyl (C=O) groups is 1. The van der Waals surface area contributed by atoms with Crippen LogP contribution in [0.25, 0.3) is 22.3 Å². The number of carboxylic acid groups (broad SMARTS) is 1. The first kappa shape index (κ1) is 29.2. The second kappa shape index (κ2) is 12.7. The van der Waals surface area contributed by atoms with Gasteiger partial charge in [-0.1, -0.05) is 18.2 Å². The Kier molecular flexibility index (Phi) is 8.59. The van der Waals surface area contributed by atoms with Crippen molar-refractivity contribution in [2.45, 2.75) is 19.6 Å². The summed E-state index contributed by atoms with van der Waals surface area (Å²) in [6.07, 6.45) is 0.129. The second-order valence-electron chi connectivity index (χ2n) is 9.60. The van der Waals surface area contributed by atoms with Gasteiger partial charge in [-0.25, -0.2) is 23.5 Å². The van der Waals surface area contributed by atoms with Crippen LogP contribution in [0.5, 0.6) is 11.6 Å². The Labute approximate surface area is 245 Å². The summed E-state index contributed by atoms with van der Waals surface area (Å²) in [7, 11) is 3.03. The summed E-state index contributed by atoms with van der Waals surface area (Å²) in [5.41, 5.74) is 3.26.